The Kier molecular flexibility index (Phi) is 9.68. The molecule has 0 saturated carbocycles. The first-order valence-corrected chi connectivity index (χ1v) is 7.70. The number of carbonyl (C=O) groups is 2. The maximum Gasteiger partial charge on any atom is 0.414 e. The number of carboxylic acid groups (broad SMARTS) is 2. The standard InChI is InChI=1S/C15H26N2O.C2H2O4/c1-12-11-13(15(2,3)4)5-6-14(12)18-10-9-17-8-7-16;3-1(4)2(5)6/h5-6,11,17H,7-10,16H2,1-4H3;(H,3,4)(H,5,6). The summed E-state index contributed by atoms with van der Waals surface area (Å²) in [7, 11) is 0. The molecule has 0 fully saturated rings. The molecule has 0 aliphatic rings. The second-order valence-corrected chi connectivity index (χ2v) is 6.23. The summed E-state index contributed by atoms with van der Waals surface area (Å²) in [5.74, 6) is -2.68. The number of hydrogen-bond donors (Lipinski definition) is 4. The van der Waals surface area contributed by atoms with E-state index in [4.69, 9.17) is 30.3 Å². The molecular formula is C17H28N2O5. The molecule has 0 bridgehead atoms. The van der Waals surface area contributed by atoms with Crippen molar-refractivity contribution in [2.45, 2.75) is 33.1 Å². The lowest BCUT2D eigenvalue weighted by Gasteiger charge is -2.20. The van der Waals surface area contributed by atoms with E-state index < -0.39 is 11.9 Å². The fourth-order valence-corrected chi connectivity index (χ4v) is 1.74. The molecule has 0 unspecified atom stereocenters. The largest absolute Gasteiger partial charge is 0.492 e. The van der Waals surface area contributed by atoms with Gasteiger partial charge in [-0.15, -0.1) is 0 Å². The second-order valence-electron chi connectivity index (χ2n) is 6.23. The van der Waals surface area contributed by atoms with Gasteiger partial charge in [0, 0.05) is 19.6 Å². The highest BCUT2D eigenvalue weighted by atomic mass is 16.5. The van der Waals surface area contributed by atoms with Crippen molar-refractivity contribution in [3.63, 3.8) is 0 Å². The first-order valence-electron chi connectivity index (χ1n) is 7.70. The van der Waals surface area contributed by atoms with Crippen molar-refractivity contribution in [3.8, 4) is 5.75 Å². The summed E-state index contributed by atoms with van der Waals surface area (Å²) in [5, 5.41) is 18.0. The zero-order valence-electron chi connectivity index (χ0n) is 14.8. The molecule has 0 heterocycles. The van der Waals surface area contributed by atoms with Crippen LogP contribution in [0.3, 0.4) is 0 Å². The fourth-order valence-electron chi connectivity index (χ4n) is 1.74. The van der Waals surface area contributed by atoms with E-state index in [2.05, 4.69) is 51.2 Å². The van der Waals surface area contributed by atoms with Crippen LogP contribution in [0.2, 0.25) is 0 Å². The van der Waals surface area contributed by atoms with Crippen molar-refractivity contribution in [2.75, 3.05) is 26.2 Å². The zero-order valence-corrected chi connectivity index (χ0v) is 14.8. The van der Waals surface area contributed by atoms with Crippen LogP contribution in [0.1, 0.15) is 31.9 Å². The normalized spacial score (nSPS) is 10.5. The first-order chi connectivity index (χ1) is 11.1. The highest BCUT2D eigenvalue weighted by Crippen LogP contribution is 2.27. The molecule has 136 valence electrons. The topological polar surface area (TPSA) is 122 Å². The molecule has 0 atom stereocenters. The van der Waals surface area contributed by atoms with Crippen molar-refractivity contribution in [1.82, 2.24) is 5.32 Å². The van der Waals surface area contributed by atoms with Gasteiger partial charge in [-0.1, -0.05) is 32.9 Å². The monoisotopic (exact) mass is 340 g/mol. The van der Waals surface area contributed by atoms with Crippen molar-refractivity contribution < 1.29 is 24.5 Å². The third-order valence-electron chi connectivity index (χ3n) is 3.08. The minimum atomic E-state index is -1.82. The van der Waals surface area contributed by atoms with Gasteiger partial charge >= 0.3 is 11.9 Å². The highest BCUT2D eigenvalue weighted by molar-refractivity contribution is 6.27. The average Bonchev–Trinajstić information content (AvgIpc) is 2.48. The van der Waals surface area contributed by atoms with Crippen LogP contribution in [0.25, 0.3) is 0 Å². The number of ether oxygens (including phenoxy) is 1. The van der Waals surface area contributed by atoms with Crippen molar-refractivity contribution in [2.24, 2.45) is 5.73 Å². The van der Waals surface area contributed by atoms with Crippen LogP contribution in [-0.4, -0.2) is 48.4 Å². The summed E-state index contributed by atoms with van der Waals surface area (Å²) in [6.07, 6.45) is 0. The summed E-state index contributed by atoms with van der Waals surface area (Å²) in [4.78, 5) is 18.2. The molecule has 1 rings (SSSR count). The van der Waals surface area contributed by atoms with E-state index >= 15 is 0 Å². The maximum atomic E-state index is 9.10. The van der Waals surface area contributed by atoms with Gasteiger partial charge in [0.25, 0.3) is 0 Å². The van der Waals surface area contributed by atoms with Gasteiger partial charge in [-0.3, -0.25) is 0 Å². The van der Waals surface area contributed by atoms with Crippen LogP contribution < -0.4 is 15.8 Å². The van der Waals surface area contributed by atoms with E-state index in [0.29, 0.717) is 13.2 Å². The summed E-state index contributed by atoms with van der Waals surface area (Å²) in [6, 6.07) is 6.43. The van der Waals surface area contributed by atoms with E-state index in [0.717, 1.165) is 18.8 Å². The van der Waals surface area contributed by atoms with Gasteiger partial charge in [0.15, 0.2) is 0 Å². The number of aryl methyl sites for hydroxylation is 1. The summed E-state index contributed by atoms with van der Waals surface area (Å²) >= 11 is 0. The number of hydrogen-bond acceptors (Lipinski definition) is 5. The molecule has 0 saturated heterocycles. The van der Waals surface area contributed by atoms with Crippen LogP contribution in [0, 0.1) is 6.92 Å². The zero-order chi connectivity index (χ0) is 18.8. The molecule has 0 aliphatic carbocycles. The Balaban J connectivity index is 0.000000754. The first kappa shape index (κ1) is 21.9. The van der Waals surface area contributed by atoms with Crippen LogP contribution in [-0.2, 0) is 15.0 Å². The molecule has 5 N–H and O–H groups in total. The summed E-state index contributed by atoms with van der Waals surface area (Å²) < 4.78 is 5.75. The lowest BCUT2D eigenvalue weighted by atomic mass is 9.86. The van der Waals surface area contributed by atoms with Gasteiger partial charge in [0.2, 0.25) is 0 Å². The molecule has 7 heteroatoms. The molecule has 1 aromatic rings. The molecule has 0 spiro atoms. The van der Waals surface area contributed by atoms with Gasteiger partial charge in [-0.05, 0) is 29.5 Å². The summed E-state index contributed by atoms with van der Waals surface area (Å²) in [5.41, 5.74) is 8.12. The number of aliphatic carboxylic acids is 2. The van der Waals surface area contributed by atoms with Crippen LogP contribution in [0.5, 0.6) is 5.75 Å². The molecule has 0 aromatic heterocycles. The minimum absolute atomic E-state index is 0.186. The maximum absolute atomic E-state index is 9.10. The van der Waals surface area contributed by atoms with Gasteiger partial charge in [-0.25, -0.2) is 9.59 Å². The molecule has 7 nitrogen and oxygen atoms in total. The van der Waals surface area contributed by atoms with Gasteiger partial charge in [0.05, 0.1) is 0 Å². The summed E-state index contributed by atoms with van der Waals surface area (Å²) in [6.45, 7) is 11.8. The Labute approximate surface area is 142 Å². The smallest absolute Gasteiger partial charge is 0.414 e. The molecule has 0 radical (unpaired) electrons. The van der Waals surface area contributed by atoms with Crippen molar-refractivity contribution in [3.05, 3.63) is 29.3 Å². The number of nitrogens with two attached hydrogens (primary N) is 1. The van der Waals surface area contributed by atoms with Gasteiger partial charge in [-0.2, -0.15) is 0 Å². The number of rotatable bonds is 6. The molecule has 24 heavy (non-hydrogen) atoms. The third-order valence-corrected chi connectivity index (χ3v) is 3.08. The van der Waals surface area contributed by atoms with Gasteiger partial charge in [0.1, 0.15) is 12.4 Å². The Bertz CT molecular complexity index is 526. The Morgan fingerprint density at radius 3 is 2.17 bits per heavy atom. The van der Waals surface area contributed by atoms with Crippen LogP contribution >= 0.6 is 0 Å². The van der Waals surface area contributed by atoms with E-state index in [-0.39, 0.29) is 5.41 Å². The van der Waals surface area contributed by atoms with E-state index in [9.17, 15) is 0 Å². The Morgan fingerprint density at radius 2 is 1.75 bits per heavy atom. The third kappa shape index (κ3) is 9.12. The predicted octanol–water partition coefficient (Wildman–Crippen LogP) is 1.38. The fraction of sp³-hybridized carbons (Fsp3) is 0.529. The van der Waals surface area contributed by atoms with E-state index in [1.54, 1.807) is 0 Å². The molecular weight excluding hydrogens is 312 g/mol. The lowest BCUT2D eigenvalue weighted by molar-refractivity contribution is -0.159. The van der Waals surface area contributed by atoms with Crippen molar-refractivity contribution in [1.29, 1.82) is 0 Å². The van der Waals surface area contributed by atoms with E-state index in [1.165, 1.54) is 11.1 Å². The lowest BCUT2D eigenvalue weighted by Crippen LogP contribution is -2.26. The number of carboxylic acids is 2. The Morgan fingerprint density at radius 1 is 1.17 bits per heavy atom. The van der Waals surface area contributed by atoms with Crippen molar-refractivity contribution >= 4 is 11.9 Å². The predicted molar refractivity (Wildman–Crippen MR) is 92.6 cm³/mol. The average molecular weight is 340 g/mol. The number of nitrogens with one attached hydrogen (secondary N) is 1. The molecule has 0 aliphatic heterocycles. The van der Waals surface area contributed by atoms with Crippen LogP contribution in [0.4, 0.5) is 0 Å². The quantitative estimate of drug-likeness (QED) is 0.456. The van der Waals surface area contributed by atoms with E-state index in [1.807, 2.05) is 0 Å². The molecule has 0 amide bonds. The molecule has 1 aromatic carbocycles. The highest BCUT2D eigenvalue weighted by Gasteiger charge is 2.14. The Hall–Kier alpha value is -2.12. The minimum Gasteiger partial charge on any atom is -0.492 e. The second kappa shape index (κ2) is 10.6. The number of benzene rings is 1. The van der Waals surface area contributed by atoms with Gasteiger partial charge < -0.3 is 26.0 Å². The SMILES string of the molecule is Cc1cc(C(C)(C)C)ccc1OCCNCCN.O=C(O)C(=O)O. The van der Waals surface area contributed by atoms with Crippen LogP contribution in [0.15, 0.2) is 18.2 Å².